The summed E-state index contributed by atoms with van der Waals surface area (Å²) in [5.74, 6) is -0.223. The molecule has 8 nitrogen and oxygen atoms in total. The van der Waals surface area contributed by atoms with Crippen LogP contribution in [0.1, 0.15) is 38.5 Å². The Hall–Kier alpha value is -3.68. The average Bonchev–Trinajstić information content (AvgIpc) is 3.26. The molecule has 0 aliphatic rings. The van der Waals surface area contributed by atoms with E-state index in [1.165, 1.54) is 7.11 Å². The molecule has 1 heterocycles. The minimum atomic E-state index is -0.189. The number of amides is 1. The first-order chi connectivity index (χ1) is 15.0. The van der Waals surface area contributed by atoms with E-state index >= 15 is 0 Å². The number of rotatable bonds is 10. The Morgan fingerprint density at radius 3 is 2.58 bits per heavy atom. The van der Waals surface area contributed by atoms with Crippen LogP contribution < -0.4 is 11.1 Å². The zero-order valence-electron chi connectivity index (χ0n) is 17.6. The van der Waals surface area contributed by atoms with Crippen molar-refractivity contribution in [2.75, 3.05) is 18.2 Å². The third kappa shape index (κ3) is 6.67. The van der Waals surface area contributed by atoms with Gasteiger partial charge in [-0.25, -0.2) is 4.68 Å². The molecular formula is C23H27N5O3. The van der Waals surface area contributed by atoms with Crippen molar-refractivity contribution < 1.29 is 14.3 Å². The van der Waals surface area contributed by atoms with E-state index in [1.807, 2.05) is 54.7 Å². The van der Waals surface area contributed by atoms with Crippen molar-refractivity contribution in [3.63, 3.8) is 0 Å². The number of hydrogen-bond donors (Lipinski definition) is 2. The molecule has 0 fully saturated rings. The Labute approximate surface area is 181 Å². The van der Waals surface area contributed by atoms with Gasteiger partial charge in [-0.15, -0.1) is 5.10 Å². The van der Waals surface area contributed by atoms with Crippen LogP contribution in [0.3, 0.4) is 0 Å². The minimum Gasteiger partial charge on any atom is -0.469 e. The Morgan fingerprint density at radius 1 is 1.03 bits per heavy atom. The summed E-state index contributed by atoms with van der Waals surface area (Å²) in [4.78, 5) is 23.3. The topological polar surface area (TPSA) is 112 Å². The number of benzene rings is 2. The Kier molecular flexibility index (Phi) is 7.75. The second kappa shape index (κ2) is 10.9. The van der Waals surface area contributed by atoms with Crippen LogP contribution in [0, 0.1) is 0 Å². The van der Waals surface area contributed by atoms with Gasteiger partial charge in [-0.3, -0.25) is 9.59 Å². The van der Waals surface area contributed by atoms with Crippen molar-refractivity contribution in [2.45, 2.75) is 38.5 Å². The van der Waals surface area contributed by atoms with Crippen LogP contribution in [0.2, 0.25) is 0 Å². The van der Waals surface area contributed by atoms with Crippen molar-refractivity contribution in [1.82, 2.24) is 15.0 Å². The molecule has 0 aliphatic heterocycles. The van der Waals surface area contributed by atoms with E-state index in [4.69, 9.17) is 5.73 Å². The lowest BCUT2D eigenvalue weighted by Crippen LogP contribution is -2.11. The van der Waals surface area contributed by atoms with Gasteiger partial charge in [0.1, 0.15) is 5.69 Å². The molecule has 0 radical (unpaired) electrons. The smallest absolute Gasteiger partial charge is 0.305 e. The van der Waals surface area contributed by atoms with Crippen LogP contribution in [-0.2, 0) is 14.3 Å². The van der Waals surface area contributed by atoms with Gasteiger partial charge >= 0.3 is 5.97 Å². The number of unbranched alkanes of at least 4 members (excludes halogenated alkanes) is 3. The number of hydrogen-bond acceptors (Lipinski definition) is 6. The molecule has 0 unspecified atom stereocenters. The number of esters is 1. The number of anilines is 2. The fourth-order valence-electron chi connectivity index (χ4n) is 3.18. The number of carbonyl (C=O) groups excluding carboxylic acids is 2. The SMILES string of the molecule is COC(=O)CCCCCCC(=O)Nc1cccc(-c2cn(-c3cccc(N)c3)nn2)c1. The van der Waals surface area contributed by atoms with Crippen LogP contribution in [-0.4, -0.2) is 34.0 Å². The van der Waals surface area contributed by atoms with E-state index in [0.717, 1.165) is 36.9 Å². The van der Waals surface area contributed by atoms with Gasteiger partial charge in [-0.05, 0) is 43.2 Å². The predicted octanol–water partition coefficient (Wildman–Crippen LogP) is 3.97. The maximum Gasteiger partial charge on any atom is 0.305 e. The summed E-state index contributed by atoms with van der Waals surface area (Å²) in [5.41, 5.74) is 9.59. The fraction of sp³-hybridized carbons (Fsp3) is 0.304. The molecule has 3 N–H and O–H groups in total. The van der Waals surface area contributed by atoms with Crippen molar-refractivity contribution in [2.24, 2.45) is 0 Å². The lowest BCUT2D eigenvalue weighted by Gasteiger charge is -2.06. The molecule has 0 spiro atoms. The zero-order valence-corrected chi connectivity index (χ0v) is 17.6. The standard InChI is InChI=1S/C23H27N5O3/c1-31-23(30)13-5-3-2-4-12-22(29)25-19-10-6-8-17(14-19)21-16-28(27-26-21)20-11-7-9-18(24)15-20/h6-11,14-16H,2-5,12-13,24H2,1H3,(H,25,29). The van der Waals surface area contributed by atoms with Crippen LogP contribution in [0.5, 0.6) is 0 Å². The fourth-order valence-corrected chi connectivity index (χ4v) is 3.18. The molecule has 2 aromatic carbocycles. The molecule has 0 atom stereocenters. The third-order valence-corrected chi connectivity index (χ3v) is 4.83. The van der Waals surface area contributed by atoms with E-state index in [0.29, 0.717) is 29.9 Å². The molecule has 3 aromatic rings. The second-order valence-electron chi connectivity index (χ2n) is 7.26. The number of nitrogens with one attached hydrogen (secondary N) is 1. The summed E-state index contributed by atoms with van der Waals surface area (Å²) >= 11 is 0. The Bertz CT molecular complexity index is 1030. The predicted molar refractivity (Wildman–Crippen MR) is 120 cm³/mol. The van der Waals surface area contributed by atoms with Crippen LogP contribution in [0.25, 0.3) is 16.9 Å². The van der Waals surface area contributed by atoms with Crippen molar-refractivity contribution in [3.05, 3.63) is 54.7 Å². The molecule has 3 rings (SSSR count). The van der Waals surface area contributed by atoms with Gasteiger partial charge in [0.25, 0.3) is 0 Å². The number of nitrogens with two attached hydrogens (primary N) is 1. The van der Waals surface area contributed by atoms with Crippen molar-refractivity contribution >= 4 is 23.3 Å². The van der Waals surface area contributed by atoms with Gasteiger partial charge in [0.2, 0.25) is 5.91 Å². The molecule has 8 heteroatoms. The van der Waals surface area contributed by atoms with E-state index in [-0.39, 0.29) is 11.9 Å². The quantitative estimate of drug-likeness (QED) is 0.291. The molecule has 0 saturated carbocycles. The molecule has 1 aromatic heterocycles. The third-order valence-electron chi connectivity index (χ3n) is 4.83. The lowest BCUT2D eigenvalue weighted by molar-refractivity contribution is -0.140. The average molecular weight is 422 g/mol. The highest BCUT2D eigenvalue weighted by molar-refractivity contribution is 5.91. The van der Waals surface area contributed by atoms with Gasteiger partial charge in [-0.2, -0.15) is 0 Å². The van der Waals surface area contributed by atoms with Crippen molar-refractivity contribution in [3.8, 4) is 16.9 Å². The number of methoxy groups -OCH3 is 1. The van der Waals surface area contributed by atoms with Crippen LogP contribution in [0.4, 0.5) is 11.4 Å². The maximum absolute atomic E-state index is 12.2. The summed E-state index contributed by atoms with van der Waals surface area (Å²) in [6.07, 6.45) is 6.06. The first-order valence-electron chi connectivity index (χ1n) is 10.3. The Morgan fingerprint density at radius 2 is 1.81 bits per heavy atom. The highest BCUT2D eigenvalue weighted by Gasteiger charge is 2.08. The molecule has 162 valence electrons. The number of ether oxygens (including phenoxy) is 1. The van der Waals surface area contributed by atoms with Gasteiger partial charge in [-0.1, -0.05) is 36.3 Å². The van der Waals surface area contributed by atoms with Crippen LogP contribution >= 0.6 is 0 Å². The summed E-state index contributed by atoms with van der Waals surface area (Å²) in [6, 6.07) is 14.9. The maximum atomic E-state index is 12.2. The zero-order chi connectivity index (χ0) is 22.1. The largest absolute Gasteiger partial charge is 0.469 e. The monoisotopic (exact) mass is 421 g/mol. The molecular weight excluding hydrogens is 394 g/mol. The summed E-state index contributed by atoms with van der Waals surface area (Å²) in [5, 5.41) is 11.3. The molecule has 0 saturated heterocycles. The van der Waals surface area contributed by atoms with Gasteiger partial charge < -0.3 is 15.8 Å². The number of carbonyl (C=O) groups is 2. The van der Waals surface area contributed by atoms with Crippen molar-refractivity contribution in [1.29, 1.82) is 0 Å². The summed E-state index contributed by atoms with van der Waals surface area (Å²) in [6.45, 7) is 0. The second-order valence-corrected chi connectivity index (χ2v) is 7.26. The minimum absolute atomic E-state index is 0.0338. The van der Waals surface area contributed by atoms with Gasteiger partial charge in [0, 0.05) is 29.8 Å². The normalized spacial score (nSPS) is 10.6. The first kappa shape index (κ1) is 22.0. The lowest BCUT2D eigenvalue weighted by atomic mass is 10.1. The molecule has 31 heavy (non-hydrogen) atoms. The highest BCUT2D eigenvalue weighted by Crippen LogP contribution is 2.22. The van der Waals surface area contributed by atoms with Gasteiger partial charge in [0.15, 0.2) is 0 Å². The van der Waals surface area contributed by atoms with Crippen LogP contribution in [0.15, 0.2) is 54.7 Å². The van der Waals surface area contributed by atoms with E-state index in [2.05, 4.69) is 20.4 Å². The highest BCUT2D eigenvalue weighted by atomic mass is 16.5. The number of nitrogens with zero attached hydrogens (tertiary/aromatic N) is 3. The van der Waals surface area contributed by atoms with E-state index < -0.39 is 0 Å². The van der Waals surface area contributed by atoms with E-state index in [1.54, 1.807) is 4.68 Å². The summed E-state index contributed by atoms with van der Waals surface area (Å²) < 4.78 is 6.28. The summed E-state index contributed by atoms with van der Waals surface area (Å²) in [7, 11) is 1.39. The van der Waals surface area contributed by atoms with Gasteiger partial charge in [0.05, 0.1) is 19.0 Å². The Balaban J connectivity index is 1.51. The molecule has 0 bridgehead atoms. The number of aromatic nitrogens is 3. The van der Waals surface area contributed by atoms with E-state index in [9.17, 15) is 9.59 Å². The number of nitrogen functional groups attached to an aromatic ring is 1. The molecule has 0 aliphatic carbocycles. The molecule has 1 amide bonds. The first-order valence-corrected chi connectivity index (χ1v) is 10.3.